The zero-order chi connectivity index (χ0) is 13.2. The first-order chi connectivity index (χ1) is 9.24. The number of anilines is 1. The van der Waals surface area contributed by atoms with Crippen molar-refractivity contribution in [1.82, 2.24) is 10.2 Å². The Labute approximate surface area is 115 Å². The SMILES string of the molecule is O=C(Nc1ccc2cn[nH]c2c1)c1ccccc1S. The summed E-state index contributed by atoms with van der Waals surface area (Å²) in [6.07, 6.45) is 1.74. The highest BCUT2D eigenvalue weighted by molar-refractivity contribution is 7.80. The van der Waals surface area contributed by atoms with Crippen LogP contribution in [-0.2, 0) is 0 Å². The van der Waals surface area contributed by atoms with E-state index in [9.17, 15) is 4.79 Å². The number of aromatic nitrogens is 2. The zero-order valence-corrected chi connectivity index (χ0v) is 10.8. The Morgan fingerprint density at radius 3 is 2.89 bits per heavy atom. The van der Waals surface area contributed by atoms with Crippen LogP contribution in [0.5, 0.6) is 0 Å². The Balaban J connectivity index is 1.88. The van der Waals surface area contributed by atoms with Gasteiger partial charge >= 0.3 is 0 Å². The van der Waals surface area contributed by atoms with E-state index in [4.69, 9.17) is 0 Å². The molecule has 0 aliphatic heterocycles. The second-order valence-corrected chi connectivity index (χ2v) is 4.63. The molecule has 0 aliphatic carbocycles. The maximum absolute atomic E-state index is 12.1. The second kappa shape index (κ2) is 4.78. The van der Waals surface area contributed by atoms with Gasteiger partial charge in [-0.1, -0.05) is 12.1 Å². The number of fused-ring (bicyclic) bond motifs is 1. The number of carbonyl (C=O) groups is 1. The molecule has 0 bridgehead atoms. The van der Waals surface area contributed by atoms with Gasteiger partial charge in [-0.2, -0.15) is 5.10 Å². The van der Waals surface area contributed by atoms with E-state index in [0.717, 1.165) is 16.6 Å². The normalized spacial score (nSPS) is 10.6. The topological polar surface area (TPSA) is 57.8 Å². The lowest BCUT2D eigenvalue weighted by Crippen LogP contribution is -2.12. The molecule has 0 saturated carbocycles. The molecule has 1 heterocycles. The lowest BCUT2D eigenvalue weighted by molar-refractivity contribution is 0.102. The van der Waals surface area contributed by atoms with Gasteiger partial charge in [-0.25, -0.2) is 0 Å². The number of thiol groups is 1. The largest absolute Gasteiger partial charge is 0.322 e. The van der Waals surface area contributed by atoms with Gasteiger partial charge in [0.05, 0.1) is 17.3 Å². The van der Waals surface area contributed by atoms with E-state index in [1.807, 2.05) is 30.3 Å². The maximum Gasteiger partial charge on any atom is 0.256 e. The first-order valence-electron chi connectivity index (χ1n) is 5.76. The van der Waals surface area contributed by atoms with Gasteiger partial charge in [-0.3, -0.25) is 9.89 Å². The van der Waals surface area contributed by atoms with Gasteiger partial charge in [-0.05, 0) is 30.3 Å². The number of nitrogens with zero attached hydrogens (tertiary/aromatic N) is 1. The van der Waals surface area contributed by atoms with E-state index in [-0.39, 0.29) is 5.91 Å². The summed E-state index contributed by atoms with van der Waals surface area (Å²) in [5.74, 6) is -0.176. The number of benzene rings is 2. The van der Waals surface area contributed by atoms with Gasteiger partial charge in [0, 0.05) is 16.0 Å². The van der Waals surface area contributed by atoms with E-state index in [0.29, 0.717) is 10.5 Å². The molecule has 0 atom stereocenters. The van der Waals surface area contributed by atoms with Crippen molar-refractivity contribution in [1.29, 1.82) is 0 Å². The zero-order valence-electron chi connectivity index (χ0n) is 9.92. The molecule has 0 fully saturated rings. The highest BCUT2D eigenvalue weighted by atomic mass is 32.1. The fraction of sp³-hybridized carbons (Fsp3) is 0. The Morgan fingerprint density at radius 1 is 1.21 bits per heavy atom. The number of rotatable bonds is 2. The third-order valence-electron chi connectivity index (χ3n) is 2.85. The second-order valence-electron chi connectivity index (χ2n) is 4.14. The Kier molecular flexibility index (Phi) is 2.97. The van der Waals surface area contributed by atoms with Crippen LogP contribution < -0.4 is 5.32 Å². The van der Waals surface area contributed by atoms with Gasteiger partial charge < -0.3 is 5.32 Å². The molecule has 3 rings (SSSR count). The maximum atomic E-state index is 12.1. The van der Waals surface area contributed by atoms with Crippen LogP contribution in [0, 0.1) is 0 Å². The molecule has 3 aromatic rings. The molecule has 0 radical (unpaired) electrons. The van der Waals surface area contributed by atoms with E-state index in [2.05, 4.69) is 28.1 Å². The summed E-state index contributed by atoms with van der Waals surface area (Å²) in [5.41, 5.74) is 2.16. The van der Waals surface area contributed by atoms with Gasteiger partial charge in [0.25, 0.3) is 5.91 Å². The number of aromatic amines is 1. The van der Waals surface area contributed by atoms with Gasteiger partial charge in [-0.15, -0.1) is 12.6 Å². The van der Waals surface area contributed by atoms with Crippen molar-refractivity contribution in [2.45, 2.75) is 4.90 Å². The predicted molar refractivity (Wildman–Crippen MR) is 77.7 cm³/mol. The van der Waals surface area contributed by atoms with Crippen LogP contribution in [0.25, 0.3) is 10.9 Å². The van der Waals surface area contributed by atoms with E-state index >= 15 is 0 Å². The van der Waals surface area contributed by atoms with Gasteiger partial charge in [0.2, 0.25) is 0 Å². The molecule has 4 nitrogen and oxygen atoms in total. The summed E-state index contributed by atoms with van der Waals surface area (Å²) in [6.45, 7) is 0. The number of H-pyrrole nitrogens is 1. The minimum absolute atomic E-state index is 0.176. The number of hydrogen-bond acceptors (Lipinski definition) is 3. The first-order valence-corrected chi connectivity index (χ1v) is 6.21. The van der Waals surface area contributed by atoms with Crippen molar-refractivity contribution in [3.63, 3.8) is 0 Å². The van der Waals surface area contributed by atoms with Crippen molar-refractivity contribution in [2.75, 3.05) is 5.32 Å². The monoisotopic (exact) mass is 269 g/mol. The highest BCUT2D eigenvalue weighted by Crippen LogP contribution is 2.19. The van der Waals surface area contributed by atoms with Crippen LogP contribution in [0.15, 0.2) is 53.6 Å². The first kappa shape index (κ1) is 11.8. The average Bonchev–Trinajstić information content (AvgIpc) is 2.86. The number of nitrogens with one attached hydrogen (secondary N) is 2. The quantitative estimate of drug-likeness (QED) is 0.626. The summed E-state index contributed by atoms with van der Waals surface area (Å²) in [5, 5.41) is 10.7. The highest BCUT2D eigenvalue weighted by Gasteiger charge is 2.09. The Bertz CT molecular complexity index is 751. The fourth-order valence-electron chi connectivity index (χ4n) is 1.88. The summed E-state index contributed by atoms with van der Waals surface area (Å²) in [7, 11) is 0. The Morgan fingerprint density at radius 2 is 2.05 bits per heavy atom. The fourth-order valence-corrected chi connectivity index (χ4v) is 2.14. The molecule has 0 aliphatic rings. The smallest absolute Gasteiger partial charge is 0.256 e. The lowest BCUT2D eigenvalue weighted by atomic mass is 10.2. The Hall–Kier alpha value is -2.27. The van der Waals surface area contributed by atoms with Crippen LogP contribution in [0.2, 0.25) is 0 Å². The molecular formula is C14H11N3OS. The van der Waals surface area contributed by atoms with Crippen LogP contribution in [0.4, 0.5) is 5.69 Å². The summed E-state index contributed by atoms with van der Waals surface area (Å²) in [6, 6.07) is 12.8. The number of amides is 1. The van der Waals surface area contributed by atoms with E-state index in [1.165, 1.54) is 0 Å². The van der Waals surface area contributed by atoms with Crippen LogP contribution in [0.3, 0.4) is 0 Å². The molecule has 94 valence electrons. The van der Waals surface area contributed by atoms with Crippen molar-refractivity contribution in [2.24, 2.45) is 0 Å². The van der Waals surface area contributed by atoms with Crippen molar-refractivity contribution < 1.29 is 4.79 Å². The lowest BCUT2D eigenvalue weighted by Gasteiger charge is -2.07. The number of hydrogen-bond donors (Lipinski definition) is 3. The van der Waals surface area contributed by atoms with Crippen LogP contribution >= 0.6 is 12.6 Å². The standard InChI is InChI=1S/C14H11N3OS/c18-14(11-3-1-2-4-13(11)19)16-10-6-5-9-8-15-17-12(9)7-10/h1-8,19H,(H,15,17)(H,16,18). The molecule has 2 aromatic carbocycles. The van der Waals surface area contributed by atoms with Crippen molar-refractivity contribution >= 4 is 35.1 Å². The molecule has 2 N–H and O–H groups in total. The van der Waals surface area contributed by atoms with E-state index in [1.54, 1.807) is 18.3 Å². The van der Waals surface area contributed by atoms with Gasteiger partial charge in [0.1, 0.15) is 0 Å². The average molecular weight is 269 g/mol. The number of carbonyl (C=O) groups excluding carboxylic acids is 1. The van der Waals surface area contributed by atoms with Crippen molar-refractivity contribution in [3.8, 4) is 0 Å². The molecule has 0 saturated heterocycles. The summed E-state index contributed by atoms with van der Waals surface area (Å²) < 4.78 is 0. The predicted octanol–water partition coefficient (Wildman–Crippen LogP) is 3.10. The minimum atomic E-state index is -0.176. The molecule has 19 heavy (non-hydrogen) atoms. The molecule has 5 heteroatoms. The van der Waals surface area contributed by atoms with Crippen LogP contribution in [-0.4, -0.2) is 16.1 Å². The van der Waals surface area contributed by atoms with E-state index < -0.39 is 0 Å². The molecule has 0 spiro atoms. The molecule has 1 aromatic heterocycles. The third kappa shape index (κ3) is 2.32. The molecule has 1 amide bonds. The van der Waals surface area contributed by atoms with Crippen molar-refractivity contribution in [3.05, 3.63) is 54.2 Å². The molecule has 0 unspecified atom stereocenters. The van der Waals surface area contributed by atoms with Gasteiger partial charge in [0.15, 0.2) is 0 Å². The minimum Gasteiger partial charge on any atom is -0.322 e. The third-order valence-corrected chi connectivity index (χ3v) is 3.24. The summed E-state index contributed by atoms with van der Waals surface area (Å²) in [4.78, 5) is 12.8. The summed E-state index contributed by atoms with van der Waals surface area (Å²) >= 11 is 4.28. The van der Waals surface area contributed by atoms with Crippen LogP contribution in [0.1, 0.15) is 10.4 Å². The molecular weight excluding hydrogens is 258 g/mol.